The molecule has 0 amide bonds. The number of hydrogen-bond donors (Lipinski definition) is 2. The summed E-state index contributed by atoms with van der Waals surface area (Å²) in [5, 5.41) is 0. The highest BCUT2D eigenvalue weighted by Gasteiger charge is 2.25. The summed E-state index contributed by atoms with van der Waals surface area (Å²) >= 11 is 0. The van der Waals surface area contributed by atoms with Gasteiger partial charge in [0.2, 0.25) is 0 Å². The van der Waals surface area contributed by atoms with Crippen LogP contribution in [-0.4, -0.2) is 49.3 Å². The summed E-state index contributed by atoms with van der Waals surface area (Å²) in [6.45, 7) is 27.4. The number of benzene rings is 2. The fraction of sp³-hybridized carbons (Fsp3) is 0.622. The van der Waals surface area contributed by atoms with Crippen LogP contribution in [0.4, 0.5) is 0 Å². The minimum absolute atomic E-state index is 0. The first-order chi connectivity index (χ1) is 21.0. The Balaban J connectivity index is 0. The van der Waals surface area contributed by atoms with Crippen LogP contribution in [0.25, 0.3) is 0 Å². The maximum atomic E-state index is 12.6. The van der Waals surface area contributed by atoms with Gasteiger partial charge in [0.15, 0.2) is 0 Å². The molecule has 0 saturated carbocycles. The highest BCUT2D eigenvalue weighted by Crippen LogP contribution is 2.26. The molecule has 0 radical (unpaired) electrons. The molecule has 0 aliphatic rings. The van der Waals surface area contributed by atoms with Gasteiger partial charge in [-0.05, 0) is 96.7 Å². The van der Waals surface area contributed by atoms with Crippen molar-refractivity contribution in [1.29, 1.82) is 0 Å². The van der Waals surface area contributed by atoms with E-state index < -0.39 is 27.1 Å². The lowest BCUT2D eigenvalue weighted by Gasteiger charge is -2.27. The Morgan fingerprint density at radius 3 is 1.42 bits per heavy atom. The number of ether oxygens (including phenoxy) is 2. The van der Waals surface area contributed by atoms with Crippen LogP contribution in [-0.2, 0) is 20.5 Å². The zero-order valence-electron chi connectivity index (χ0n) is 31.2. The van der Waals surface area contributed by atoms with Crippen LogP contribution < -0.4 is 10.5 Å². The summed E-state index contributed by atoms with van der Waals surface area (Å²) < 4.78 is 26.0. The number of nitrogens with one attached hydrogen (secondary N) is 1. The molecule has 3 atom stereocenters. The smallest absolute Gasteiger partial charge is 0.338 e. The van der Waals surface area contributed by atoms with Crippen molar-refractivity contribution in [3.8, 4) is 0 Å². The Labute approximate surface area is 303 Å². The molecule has 0 heterocycles. The van der Waals surface area contributed by atoms with E-state index >= 15 is 0 Å². The number of carbonyl (C=O) groups excluding carboxylic acids is 2. The standard InChI is InChI=1S/C20H35NO3SSi.C16H27NO2Si.CH4.ClH/c1-15(2)24-19(22)17-11-9-16(10-12-17)18(13-14-26(6,7)8)21-25(23)20(3,4)5;1-12(2)19-16(18)14-8-6-13(7-9-14)15(17)10-11-20(3,4)5;;/h9-12,15,18,21H,13-14H2,1-8H3;6-9,12,15H,10-11,17H2,1-5H3;1H4;1H/t18-,25+;15-;;/m11../s1. The highest BCUT2D eigenvalue weighted by atomic mass is 35.5. The molecule has 0 aliphatic carbocycles. The lowest BCUT2D eigenvalue weighted by atomic mass is 10.0. The summed E-state index contributed by atoms with van der Waals surface area (Å²) in [7, 11) is -3.41. The van der Waals surface area contributed by atoms with Crippen LogP contribution in [0.2, 0.25) is 51.4 Å². The lowest BCUT2D eigenvalue weighted by Crippen LogP contribution is -2.36. The Morgan fingerprint density at radius 1 is 0.729 bits per heavy atom. The monoisotopic (exact) mass is 742 g/mol. The molecule has 0 aliphatic heterocycles. The third-order valence-corrected chi connectivity index (χ3v) is 12.2. The van der Waals surface area contributed by atoms with Crippen LogP contribution in [0.3, 0.4) is 0 Å². The number of nitrogens with two attached hydrogens (primary N) is 1. The largest absolute Gasteiger partial charge is 0.459 e. The molecule has 2 aromatic rings. The van der Waals surface area contributed by atoms with Crippen molar-refractivity contribution in [3.63, 3.8) is 0 Å². The topological polar surface area (TPSA) is 108 Å². The van der Waals surface area contributed by atoms with Crippen molar-refractivity contribution in [2.24, 2.45) is 5.73 Å². The van der Waals surface area contributed by atoms with Crippen molar-refractivity contribution in [2.45, 2.75) is 149 Å². The maximum Gasteiger partial charge on any atom is 0.338 e. The minimum atomic E-state index is -1.21. The molecule has 2 rings (SSSR count). The predicted octanol–water partition coefficient (Wildman–Crippen LogP) is 10.1. The maximum absolute atomic E-state index is 12.6. The number of esters is 2. The van der Waals surface area contributed by atoms with E-state index in [1.165, 1.54) is 6.04 Å². The molecule has 0 bridgehead atoms. The second kappa shape index (κ2) is 21.4. The van der Waals surface area contributed by atoms with Gasteiger partial charge < -0.3 is 15.2 Å². The van der Waals surface area contributed by atoms with Gasteiger partial charge in [0, 0.05) is 28.2 Å². The van der Waals surface area contributed by atoms with Gasteiger partial charge in [0.1, 0.15) is 0 Å². The van der Waals surface area contributed by atoms with E-state index in [1.54, 1.807) is 24.3 Å². The van der Waals surface area contributed by atoms with Gasteiger partial charge in [-0.2, -0.15) is 0 Å². The van der Waals surface area contributed by atoms with Gasteiger partial charge in [-0.15, -0.1) is 12.4 Å². The van der Waals surface area contributed by atoms with E-state index in [0.29, 0.717) is 11.1 Å². The van der Waals surface area contributed by atoms with E-state index in [0.717, 1.165) is 30.0 Å². The number of carbonyl (C=O) groups is 2. The Morgan fingerprint density at radius 2 is 1.08 bits per heavy atom. The third-order valence-electron chi connectivity index (χ3n) is 7.00. The van der Waals surface area contributed by atoms with E-state index in [1.807, 2.05) is 72.7 Å². The zero-order chi connectivity index (χ0) is 35.5. The zero-order valence-corrected chi connectivity index (χ0v) is 34.8. The van der Waals surface area contributed by atoms with Gasteiger partial charge in [0.05, 0.1) is 39.1 Å². The molecule has 276 valence electrons. The predicted molar refractivity (Wildman–Crippen MR) is 214 cm³/mol. The van der Waals surface area contributed by atoms with E-state index in [9.17, 15) is 13.8 Å². The van der Waals surface area contributed by atoms with E-state index in [-0.39, 0.29) is 60.8 Å². The molecule has 7 nitrogen and oxygen atoms in total. The molecule has 2 aromatic carbocycles. The lowest BCUT2D eigenvalue weighted by molar-refractivity contribution is 0.0367. The second-order valence-electron chi connectivity index (χ2n) is 16.0. The van der Waals surface area contributed by atoms with Crippen molar-refractivity contribution < 1.29 is 23.3 Å². The van der Waals surface area contributed by atoms with Gasteiger partial charge >= 0.3 is 11.9 Å². The molecule has 0 spiro atoms. The average molecular weight is 744 g/mol. The third kappa shape index (κ3) is 20.0. The fourth-order valence-electron chi connectivity index (χ4n) is 4.21. The molecular formula is C37H67ClN2O5SSi2. The average Bonchev–Trinajstić information content (AvgIpc) is 2.92. The molecule has 0 aromatic heterocycles. The molecule has 11 heteroatoms. The van der Waals surface area contributed by atoms with E-state index in [2.05, 4.69) is 44.0 Å². The normalized spacial score (nSPS) is 13.7. The van der Waals surface area contributed by atoms with Crippen LogP contribution >= 0.6 is 12.4 Å². The second-order valence-corrected chi connectivity index (χ2v) is 29.2. The minimum Gasteiger partial charge on any atom is -0.459 e. The first kappa shape index (κ1) is 48.3. The van der Waals surface area contributed by atoms with Crippen LogP contribution in [0, 0.1) is 0 Å². The van der Waals surface area contributed by atoms with Gasteiger partial charge in [-0.25, -0.2) is 18.5 Å². The summed E-state index contributed by atoms with van der Waals surface area (Å²) in [5.41, 5.74) is 9.49. The first-order valence-corrected chi connectivity index (χ1v) is 25.1. The molecule has 0 fully saturated rings. The van der Waals surface area contributed by atoms with Gasteiger partial charge in [0.25, 0.3) is 0 Å². The van der Waals surface area contributed by atoms with Crippen molar-refractivity contribution in [2.75, 3.05) is 0 Å². The number of halogens is 1. The van der Waals surface area contributed by atoms with Crippen LogP contribution in [0.5, 0.6) is 0 Å². The molecule has 3 N–H and O–H groups in total. The number of rotatable bonds is 14. The van der Waals surface area contributed by atoms with Crippen molar-refractivity contribution >= 4 is 51.5 Å². The molecule has 0 unspecified atom stereocenters. The van der Waals surface area contributed by atoms with Crippen molar-refractivity contribution in [3.05, 3.63) is 70.8 Å². The number of hydrogen-bond acceptors (Lipinski definition) is 6. The Bertz CT molecular complexity index is 1250. The summed E-state index contributed by atoms with van der Waals surface area (Å²) in [5.74, 6) is -0.585. The van der Waals surface area contributed by atoms with Crippen molar-refractivity contribution in [1.82, 2.24) is 4.72 Å². The van der Waals surface area contributed by atoms with Gasteiger partial charge in [-0.1, -0.05) is 83.1 Å². The quantitative estimate of drug-likeness (QED) is 0.147. The molecule has 48 heavy (non-hydrogen) atoms. The SMILES string of the molecule is C.CC(C)OC(=O)c1ccc([C@@H](CC[Si](C)(C)C)N[S@@](=O)C(C)(C)C)cc1.CC(C)OC(=O)c1ccc([C@H](N)CC[Si](C)(C)C)cc1.Cl. The summed E-state index contributed by atoms with van der Waals surface area (Å²) in [6, 6.07) is 17.4. The molecular weight excluding hydrogens is 676 g/mol. The van der Waals surface area contributed by atoms with E-state index in [4.69, 9.17) is 15.2 Å². The Hall–Kier alpha value is -1.83. The highest BCUT2D eigenvalue weighted by molar-refractivity contribution is 7.84. The summed E-state index contributed by atoms with van der Waals surface area (Å²) in [6.07, 6.45) is 1.71. The van der Waals surface area contributed by atoms with Gasteiger partial charge in [-0.3, -0.25) is 0 Å². The summed E-state index contributed by atoms with van der Waals surface area (Å²) in [4.78, 5) is 23.8. The van der Waals surface area contributed by atoms with Crippen LogP contribution in [0.15, 0.2) is 48.5 Å². The molecule has 0 saturated heterocycles. The Kier molecular flexibility index (Phi) is 21.5. The first-order valence-electron chi connectivity index (χ1n) is 16.5. The van der Waals surface area contributed by atoms with Crippen LogP contribution in [0.1, 0.15) is 113 Å². The fourth-order valence-corrected chi connectivity index (χ4v) is 7.41.